The van der Waals surface area contributed by atoms with Gasteiger partial charge in [0.15, 0.2) is 5.13 Å². The van der Waals surface area contributed by atoms with E-state index < -0.39 is 23.0 Å². The Balaban J connectivity index is 1.40. The van der Waals surface area contributed by atoms with Crippen LogP contribution >= 0.6 is 22.9 Å². The average molecular weight is 494 g/mol. The van der Waals surface area contributed by atoms with E-state index in [1.807, 2.05) is 0 Å². The molecule has 0 saturated carbocycles. The van der Waals surface area contributed by atoms with E-state index in [1.165, 1.54) is 11.3 Å². The summed E-state index contributed by atoms with van der Waals surface area (Å²) in [5.41, 5.74) is 2.29. The maximum atomic E-state index is 12.5. The molecule has 168 valence electrons. The number of nitrogens with zero attached hydrogens (tertiary/aromatic N) is 2. The summed E-state index contributed by atoms with van der Waals surface area (Å²) < 4.78 is 27.8. The molecular weight excluding hydrogens is 476 g/mol. The number of carbonyl (C=O) groups is 2. The molecule has 1 unspecified atom stereocenters. The van der Waals surface area contributed by atoms with Crippen molar-refractivity contribution in [2.75, 3.05) is 36.5 Å². The molecule has 1 fully saturated rings. The first-order chi connectivity index (χ1) is 15.4. The van der Waals surface area contributed by atoms with Gasteiger partial charge in [-0.25, -0.2) is 9.78 Å². The Morgan fingerprint density at radius 1 is 1.22 bits per heavy atom. The Hall–Kier alpha value is -2.57. The van der Waals surface area contributed by atoms with Crippen molar-refractivity contribution in [3.05, 3.63) is 52.5 Å². The number of halogens is 1. The predicted octanol–water partition coefficient (Wildman–Crippen LogP) is 3.13. The van der Waals surface area contributed by atoms with Crippen LogP contribution in [0.15, 0.2) is 36.4 Å². The zero-order valence-corrected chi connectivity index (χ0v) is 19.0. The number of fused-ring (bicyclic) bond motifs is 1. The van der Waals surface area contributed by atoms with E-state index in [2.05, 4.69) is 20.5 Å². The van der Waals surface area contributed by atoms with Crippen LogP contribution in [0.1, 0.15) is 15.9 Å². The van der Waals surface area contributed by atoms with Gasteiger partial charge in [0.25, 0.3) is 5.91 Å². The van der Waals surface area contributed by atoms with Crippen LogP contribution in [0.5, 0.6) is 0 Å². The molecule has 0 spiro atoms. The highest BCUT2D eigenvalue weighted by molar-refractivity contribution is 7.78. The second kappa shape index (κ2) is 9.92. The van der Waals surface area contributed by atoms with E-state index in [0.29, 0.717) is 24.3 Å². The van der Waals surface area contributed by atoms with Crippen molar-refractivity contribution < 1.29 is 23.1 Å². The van der Waals surface area contributed by atoms with Gasteiger partial charge in [-0.15, -0.1) is 0 Å². The lowest BCUT2D eigenvalue weighted by molar-refractivity contribution is 0.0967. The number of anilines is 2. The number of urea groups is 1. The molecule has 1 saturated heterocycles. The van der Waals surface area contributed by atoms with Crippen molar-refractivity contribution in [1.29, 1.82) is 0 Å². The Labute approximate surface area is 195 Å². The number of amides is 3. The van der Waals surface area contributed by atoms with Crippen molar-refractivity contribution >= 4 is 67.0 Å². The first kappa shape index (κ1) is 22.6. The number of aromatic nitrogens is 1. The lowest BCUT2D eigenvalue weighted by atomic mass is 10.1. The average Bonchev–Trinajstić information content (AvgIpc) is 3.15. The summed E-state index contributed by atoms with van der Waals surface area (Å²) >= 11 is 5.27. The minimum absolute atomic E-state index is 0.101. The minimum atomic E-state index is -2.19. The van der Waals surface area contributed by atoms with E-state index >= 15 is 0 Å². The summed E-state index contributed by atoms with van der Waals surface area (Å²) in [6.07, 6.45) is 0. The van der Waals surface area contributed by atoms with Gasteiger partial charge >= 0.3 is 6.03 Å². The highest BCUT2D eigenvalue weighted by atomic mass is 35.5. The highest BCUT2D eigenvalue weighted by Crippen LogP contribution is 2.27. The summed E-state index contributed by atoms with van der Waals surface area (Å²) in [6, 6.07) is 9.35. The first-order valence-corrected chi connectivity index (χ1v) is 12.0. The Morgan fingerprint density at radius 2 is 2.00 bits per heavy atom. The van der Waals surface area contributed by atoms with Crippen LogP contribution < -0.4 is 15.5 Å². The van der Waals surface area contributed by atoms with Crippen molar-refractivity contribution in [2.24, 2.45) is 0 Å². The molecule has 2 heterocycles. The van der Waals surface area contributed by atoms with Gasteiger partial charge in [-0.1, -0.05) is 40.1 Å². The topological polar surface area (TPSA) is 124 Å². The first-order valence-electron chi connectivity index (χ1n) is 9.59. The summed E-state index contributed by atoms with van der Waals surface area (Å²) in [5, 5.41) is 5.28. The fourth-order valence-corrected chi connectivity index (χ4v) is 4.89. The fourth-order valence-electron chi connectivity index (χ4n) is 3.25. The second-order valence-electron chi connectivity index (χ2n) is 6.94. The molecule has 0 bridgehead atoms. The molecule has 1 aliphatic heterocycles. The van der Waals surface area contributed by atoms with E-state index in [9.17, 15) is 18.4 Å². The number of thiazole rings is 1. The Bertz CT molecular complexity index is 1200. The Morgan fingerprint density at radius 3 is 2.72 bits per heavy atom. The van der Waals surface area contributed by atoms with E-state index in [0.717, 1.165) is 23.5 Å². The van der Waals surface area contributed by atoms with Crippen LogP contribution in [0.2, 0.25) is 5.02 Å². The van der Waals surface area contributed by atoms with E-state index in [-0.39, 0.29) is 21.5 Å². The largest absolute Gasteiger partial charge is 0.772 e. The van der Waals surface area contributed by atoms with Crippen LogP contribution in [0.4, 0.5) is 15.6 Å². The molecule has 9 nitrogen and oxygen atoms in total. The molecular formula is C20H18ClN4O5S2-. The molecule has 2 aromatic carbocycles. The molecule has 1 aromatic heterocycles. The van der Waals surface area contributed by atoms with E-state index in [4.69, 9.17) is 16.3 Å². The number of morpholine rings is 1. The Kier molecular flexibility index (Phi) is 7.01. The summed E-state index contributed by atoms with van der Waals surface area (Å²) in [5.74, 6) is -0.737. The van der Waals surface area contributed by atoms with Gasteiger partial charge in [-0.2, -0.15) is 0 Å². The lowest BCUT2D eigenvalue weighted by Crippen LogP contribution is -2.36. The smallest absolute Gasteiger partial charge is 0.327 e. The zero-order valence-electron chi connectivity index (χ0n) is 16.6. The van der Waals surface area contributed by atoms with Gasteiger partial charge in [0, 0.05) is 24.5 Å². The van der Waals surface area contributed by atoms with Gasteiger partial charge in [-0.05, 0) is 35.9 Å². The van der Waals surface area contributed by atoms with Crippen molar-refractivity contribution in [3.63, 3.8) is 0 Å². The second-order valence-corrected chi connectivity index (χ2v) is 9.28. The molecule has 0 radical (unpaired) electrons. The van der Waals surface area contributed by atoms with E-state index in [1.54, 1.807) is 36.4 Å². The van der Waals surface area contributed by atoms with Gasteiger partial charge < -0.3 is 14.2 Å². The molecule has 1 aliphatic rings. The molecule has 4 rings (SSSR count). The maximum Gasteiger partial charge on any atom is 0.327 e. The van der Waals surface area contributed by atoms with Crippen LogP contribution in [0.3, 0.4) is 0 Å². The van der Waals surface area contributed by atoms with Crippen molar-refractivity contribution in [3.8, 4) is 0 Å². The summed E-state index contributed by atoms with van der Waals surface area (Å²) in [6.45, 7) is 2.74. The van der Waals surface area contributed by atoms with Crippen LogP contribution in [-0.2, 0) is 21.6 Å². The van der Waals surface area contributed by atoms with Gasteiger partial charge in [-0.3, -0.25) is 19.6 Å². The highest BCUT2D eigenvalue weighted by Gasteiger charge is 2.18. The standard InChI is InChI=1S/C20H19ClN4O5S2/c21-15-10-13(25-5-7-30-8-6-25)2-3-14(15)18(26)23-19(27)24-20-22-16-4-1-12(11-32(28)29)9-17(16)31-20/h1-4,9-10H,5-8,11H2,(H,28,29)(H2,22,23,24,26,27)/p-1. The van der Waals surface area contributed by atoms with Gasteiger partial charge in [0.2, 0.25) is 0 Å². The molecule has 3 amide bonds. The zero-order chi connectivity index (χ0) is 22.7. The molecule has 1 atom stereocenters. The number of rotatable bonds is 5. The third-order valence-corrected chi connectivity index (χ3v) is 6.57. The van der Waals surface area contributed by atoms with Crippen LogP contribution in [0, 0.1) is 0 Å². The number of nitrogens with one attached hydrogen (secondary N) is 2. The maximum absolute atomic E-state index is 12.5. The van der Waals surface area contributed by atoms with Crippen molar-refractivity contribution in [1.82, 2.24) is 10.3 Å². The molecule has 12 heteroatoms. The van der Waals surface area contributed by atoms with Gasteiger partial charge in [0.1, 0.15) is 0 Å². The minimum Gasteiger partial charge on any atom is -0.772 e. The number of hydrogen-bond acceptors (Lipinski definition) is 8. The van der Waals surface area contributed by atoms with Crippen LogP contribution in [-0.4, -0.2) is 52.0 Å². The molecule has 2 N–H and O–H groups in total. The quantitative estimate of drug-likeness (QED) is 0.523. The molecule has 0 aliphatic carbocycles. The van der Waals surface area contributed by atoms with Crippen molar-refractivity contribution in [2.45, 2.75) is 5.75 Å². The third-order valence-electron chi connectivity index (χ3n) is 4.76. The number of imide groups is 1. The number of benzene rings is 2. The number of hydrogen-bond donors (Lipinski definition) is 2. The molecule has 32 heavy (non-hydrogen) atoms. The SMILES string of the molecule is O=C(NC(=O)c1ccc(N2CCOCC2)cc1Cl)Nc1nc2ccc(CS(=O)[O-])cc2s1. The molecule has 3 aromatic rings. The lowest BCUT2D eigenvalue weighted by Gasteiger charge is -2.29. The predicted molar refractivity (Wildman–Crippen MR) is 123 cm³/mol. The van der Waals surface area contributed by atoms with Gasteiger partial charge in [0.05, 0.1) is 34.0 Å². The third kappa shape index (κ3) is 5.43. The number of carbonyl (C=O) groups excluding carboxylic acids is 2. The number of ether oxygens (including phenoxy) is 1. The summed E-state index contributed by atoms with van der Waals surface area (Å²) in [7, 11) is 0. The fraction of sp³-hybridized carbons (Fsp3) is 0.250. The normalized spacial score (nSPS) is 14.9. The van der Waals surface area contributed by atoms with Crippen LogP contribution in [0.25, 0.3) is 10.2 Å². The summed E-state index contributed by atoms with van der Waals surface area (Å²) in [4.78, 5) is 31.2. The monoisotopic (exact) mass is 493 g/mol.